The molecule has 1 atom stereocenters. The SMILES string of the molecule is CC1(C)CC(Nc2c(Br)cccc2Br)c2ccccc2O1. The molecule has 0 aliphatic carbocycles. The Morgan fingerprint density at radius 3 is 2.43 bits per heavy atom. The quantitative estimate of drug-likeness (QED) is 0.662. The van der Waals surface area contributed by atoms with E-state index in [1.165, 1.54) is 5.56 Å². The number of halogens is 2. The number of ether oxygens (including phenoxy) is 1. The molecule has 0 saturated heterocycles. The van der Waals surface area contributed by atoms with Gasteiger partial charge in [0.2, 0.25) is 0 Å². The second kappa shape index (κ2) is 5.65. The Kier molecular flexibility index (Phi) is 4.02. The number of para-hydroxylation sites is 2. The second-order valence-corrected chi connectivity index (χ2v) is 7.61. The van der Waals surface area contributed by atoms with Crippen molar-refractivity contribution in [1.82, 2.24) is 0 Å². The fraction of sp³-hybridized carbons (Fsp3) is 0.294. The predicted molar refractivity (Wildman–Crippen MR) is 94.0 cm³/mol. The molecule has 2 nitrogen and oxygen atoms in total. The van der Waals surface area contributed by atoms with Crippen molar-refractivity contribution < 1.29 is 4.74 Å². The lowest BCUT2D eigenvalue weighted by atomic mass is 9.89. The van der Waals surface area contributed by atoms with Crippen LogP contribution in [-0.4, -0.2) is 5.60 Å². The van der Waals surface area contributed by atoms with Crippen molar-refractivity contribution >= 4 is 37.5 Å². The standard InChI is InChI=1S/C17H17Br2NO/c1-17(2)10-14(11-6-3-4-9-15(11)21-17)20-16-12(18)7-5-8-13(16)19/h3-9,14,20H,10H2,1-2H3. The summed E-state index contributed by atoms with van der Waals surface area (Å²) in [5.41, 5.74) is 2.11. The van der Waals surface area contributed by atoms with E-state index in [1.54, 1.807) is 0 Å². The molecule has 4 heteroatoms. The number of anilines is 1. The molecule has 2 aromatic rings. The normalized spacial score (nSPS) is 19.5. The van der Waals surface area contributed by atoms with Crippen molar-refractivity contribution in [2.75, 3.05) is 5.32 Å². The van der Waals surface area contributed by atoms with Crippen LogP contribution >= 0.6 is 31.9 Å². The van der Waals surface area contributed by atoms with E-state index in [1.807, 2.05) is 30.3 Å². The van der Waals surface area contributed by atoms with E-state index in [2.05, 4.69) is 63.2 Å². The van der Waals surface area contributed by atoms with Gasteiger partial charge in [0.25, 0.3) is 0 Å². The first kappa shape index (κ1) is 14.9. The van der Waals surface area contributed by atoms with Crippen molar-refractivity contribution in [2.45, 2.75) is 31.9 Å². The molecule has 0 amide bonds. The molecule has 0 saturated carbocycles. The summed E-state index contributed by atoms with van der Waals surface area (Å²) in [6, 6.07) is 14.6. The van der Waals surface area contributed by atoms with Crippen LogP contribution in [0.5, 0.6) is 5.75 Å². The van der Waals surface area contributed by atoms with Gasteiger partial charge in [-0.2, -0.15) is 0 Å². The molecule has 1 aliphatic rings. The first-order valence-corrected chi connectivity index (χ1v) is 8.53. The molecule has 21 heavy (non-hydrogen) atoms. The van der Waals surface area contributed by atoms with Crippen molar-refractivity contribution in [3.63, 3.8) is 0 Å². The molecule has 110 valence electrons. The van der Waals surface area contributed by atoms with Crippen LogP contribution in [0.4, 0.5) is 5.69 Å². The number of nitrogens with one attached hydrogen (secondary N) is 1. The fourth-order valence-corrected chi connectivity index (χ4v) is 3.97. The third-order valence-electron chi connectivity index (χ3n) is 3.66. The highest BCUT2D eigenvalue weighted by Crippen LogP contribution is 2.43. The summed E-state index contributed by atoms with van der Waals surface area (Å²) < 4.78 is 8.19. The summed E-state index contributed by atoms with van der Waals surface area (Å²) in [5.74, 6) is 0.967. The molecule has 0 radical (unpaired) electrons. The Balaban J connectivity index is 1.99. The summed E-state index contributed by atoms with van der Waals surface area (Å²) in [5, 5.41) is 3.66. The average molecular weight is 411 g/mol. The molecule has 0 fully saturated rings. The molecule has 1 N–H and O–H groups in total. The molecular formula is C17H17Br2NO. The van der Waals surface area contributed by atoms with Crippen LogP contribution in [0.1, 0.15) is 31.9 Å². The number of hydrogen-bond acceptors (Lipinski definition) is 2. The fourth-order valence-electron chi connectivity index (χ4n) is 2.74. The Morgan fingerprint density at radius 1 is 1.05 bits per heavy atom. The lowest BCUT2D eigenvalue weighted by Gasteiger charge is -2.38. The Hall–Kier alpha value is -1.00. The minimum Gasteiger partial charge on any atom is -0.487 e. The van der Waals surface area contributed by atoms with Crippen LogP contribution in [0, 0.1) is 0 Å². The van der Waals surface area contributed by atoms with Crippen molar-refractivity contribution in [1.29, 1.82) is 0 Å². The van der Waals surface area contributed by atoms with Gasteiger partial charge in [-0.25, -0.2) is 0 Å². The summed E-state index contributed by atoms with van der Waals surface area (Å²) in [7, 11) is 0. The maximum Gasteiger partial charge on any atom is 0.125 e. The molecule has 1 unspecified atom stereocenters. The summed E-state index contributed by atoms with van der Waals surface area (Å²) in [4.78, 5) is 0. The highest BCUT2D eigenvalue weighted by atomic mass is 79.9. The number of rotatable bonds is 2. The zero-order valence-corrected chi connectivity index (χ0v) is 15.2. The minimum absolute atomic E-state index is 0.181. The topological polar surface area (TPSA) is 21.3 Å². The molecule has 2 aromatic carbocycles. The van der Waals surface area contributed by atoms with Gasteiger partial charge < -0.3 is 10.1 Å². The molecule has 1 heterocycles. The summed E-state index contributed by atoms with van der Waals surface area (Å²) >= 11 is 7.24. The number of hydrogen-bond donors (Lipinski definition) is 1. The van der Waals surface area contributed by atoms with E-state index < -0.39 is 0 Å². The third kappa shape index (κ3) is 3.11. The van der Waals surface area contributed by atoms with Crippen molar-refractivity contribution in [3.8, 4) is 5.75 Å². The van der Waals surface area contributed by atoms with Gasteiger partial charge >= 0.3 is 0 Å². The van der Waals surface area contributed by atoms with E-state index in [0.717, 1.165) is 26.8 Å². The average Bonchev–Trinajstić information content (AvgIpc) is 2.41. The largest absolute Gasteiger partial charge is 0.487 e. The van der Waals surface area contributed by atoms with E-state index in [0.29, 0.717) is 0 Å². The first-order chi connectivity index (χ1) is 9.96. The molecule has 1 aliphatic heterocycles. The number of fused-ring (bicyclic) bond motifs is 1. The molecule has 0 bridgehead atoms. The van der Waals surface area contributed by atoms with Crippen LogP contribution in [0.3, 0.4) is 0 Å². The van der Waals surface area contributed by atoms with Crippen LogP contribution in [-0.2, 0) is 0 Å². The van der Waals surface area contributed by atoms with E-state index in [-0.39, 0.29) is 11.6 Å². The van der Waals surface area contributed by atoms with Gasteiger partial charge in [-0.3, -0.25) is 0 Å². The first-order valence-electron chi connectivity index (χ1n) is 6.95. The third-order valence-corrected chi connectivity index (χ3v) is 4.98. The summed E-state index contributed by atoms with van der Waals surface area (Å²) in [6.45, 7) is 4.26. The van der Waals surface area contributed by atoms with Gasteiger partial charge in [-0.05, 0) is 63.9 Å². The Bertz CT molecular complexity index is 649. The van der Waals surface area contributed by atoms with Crippen molar-refractivity contribution in [2.24, 2.45) is 0 Å². The predicted octanol–water partition coefficient (Wildman–Crippen LogP) is 5.93. The van der Waals surface area contributed by atoms with Gasteiger partial charge in [0.15, 0.2) is 0 Å². The minimum atomic E-state index is -0.181. The van der Waals surface area contributed by atoms with Gasteiger partial charge in [-0.1, -0.05) is 24.3 Å². The second-order valence-electron chi connectivity index (χ2n) is 5.90. The van der Waals surface area contributed by atoms with Crippen LogP contribution in [0.25, 0.3) is 0 Å². The van der Waals surface area contributed by atoms with E-state index in [4.69, 9.17) is 4.74 Å². The van der Waals surface area contributed by atoms with Crippen LogP contribution < -0.4 is 10.1 Å². The lowest BCUT2D eigenvalue weighted by molar-refractivity contribution is 0.0759. The highest BCUT2D eigenvalue weighted by Gasteiger charge is 2.33. The monoisotopic (exact) mass is 409 g/mol. The molecule has 0 spiro atoms. The Labute approximate surface area is 142 Å². The highest BCUT2D eigenvalue weighted by molar-refractivity contribution is 9.11. The maximum atomic E-state index is 6.08. The summed E-state index contributed by atoms with van der Waals surface area (Å²) in [6.07, 6.45) is 0.914. The van der Waals surface area contributed by atoms with Crippen LogP contribution in [0.15, 0.2) is 51.4 Å². The molecule has 3 rings (SSSR count). The Morgan fingerprint density at radius 2 is 1.71 bits per heavy atom. The number of benzene rings is 2. The van der Waals surface area contributed by atoms with Crippen LogP contribution in [0.2, 0.25) is 0 Å². The molecule has 0 aromatic heterocycles. The maximum absolute atomic E-state index is 6.08. The lowest BCUT2D eigenvalue weighted by Crippen LogP contribution is -2.37. The zero-order valence-electron chi connectivity index (χ0n) is 12.0. The van der Waals surface area contributed by atoms with E-state index in [9.17, 15) is 0 Å². The van der Waals surface area contributed by atoms with Crippen molar-refractivity contribution in [3.05, 3.63) is 57.0 Å². The smallest absolute Gasteiger partial charge is 0.125 e. The zero-order chi connectivity index (χ0) is 15.0. The van der Waals surface area contributed by atoms with Gasteiger partial charge in [0, 0.05) is 20.9 Å². The van der Waals surface area contributed by atoms with Gasteiger partial charge in [0.1, 0.15) is 11.4 Å². The molecular weight excluding hydrogens is 394 g/mol. The van der Waals surface area contributed by atoms with Gasteiger partial charge in [0.05, 0.1) is 11.7 Å². The van der Waals surface area contributed by atoms with E-state index >= 15 is 0 Å². The van der Waals surface area contributed by atoms with Gasteiger partial charge in [-0.15, -0.1) is 0 Å².